The molecule has 0 rings (SSSR count). The van der Waals surface area contributed by atoms with Gasteiger partial charge in [0.1, 0.15) is 12.1 Å². The Bertz CT molecular complexity index is 499. The fraction of sp³-hybridized carbons (Fsp3) is 0.750. The molecule has 0 saturated carbocycles. The predicted molar refractivity (Wildman–Crippen MR) is 95.6 cm³/mol. The number of carboxylic acid groups (broad SMARTS) is 1. The van der Waals surface area contributed by atoms with E-state index in [2.05, 4.69) is 10.6 Å². The van der Waals surface area contributed by atoms with Gasteiger partial charge < -0.3 is 32.9 Å². The highest BCUT2D eigenvalue weighted by molar-refractivity contribution is 5.93. The maximum Gasteiger partial charge on any atom is 0.326 e. The number of hydrogen-bond donors (Lipinski definition) is 6. The Kier molecular flexibility index (Phi) is 11.2. The number of primary amides is 1. The predicted octanol–water partition coefficient (Wildman–Crippen LogP) is -1.58. The van der Waals surface area contributed by atoms with Gasteiger partial charge in [-0.3, -0.25) is 14.4 Å². The van der Waals surface area contributed by atoms with E-state index >= 15 is 0 Å². The molecule has 0 aromatic rings. The number of carbonyl (C=O) groups is 4. The zero-order valence-corrected chi connectivity index (χ0v) is 15.4. The maximum atomic E-state index is 12.4. The molecule has 0 saturated heterocycles. The molecule has 150 valence electrons. The van der Waals surface area contributed by atoms with E-state index in [-0.39, 0.29) is 12.3 Å². The van der Waals surface area contributed by atoms with Crippen molar-refractivity contribution in [2.75, 3.05) is 6.54 Å². The molecule has 0 aliphatic heterocycles. The van der Waals surface area contributed by atoms with Crippen molar-refractivity contribution in [3.63, 3.8) is 0 Å². The number of nitrogens with two attached hydrogens (primary N) is 3. The van der Waals surface area contributed by atoms with Crippen molar-refractivity contribution >= 4 is 23.7 Å². The second-order valence-electron chi connectivity index (χ2n) is 6.33. The summed E-state index contributed by atoms with van der Waals surface area (Å²) < 4.78 is 0. The minimum absolute atomic E-state index is 0.0793. The lowest BCUT2D eigenvalue weighted by Crippen LogP contribution is -2.55. The summed E-state index contributed by atoms with van der Waals surface area (Å²) in [6.45, 7) is 4.14. The van der Waals surface area contributed by atoms with E-state index in [0.29, 0.717) is 25.8 Å². The molecule has 0 aliphatic carbocycles. The number of rotatable bonds is 13. The largest absolute Gasteiger partial charge is 0.480 e. The lowest BCUT2D eigenvalue weighted by atomic mass is 9.98. The molecular weight excluding hydrogens is 342 g/mol. The van der Waals surface area contributed by atoms with Gasteiger partial charge in [-0.05, 0) is 31.7 Å². The van der Waals surface area contributed by atoms with Crippen molar-refractivity contribution in [2.24, 2.45) is 23.1 Å². The highest BCUT2D eigenvalue weighted by atomic mass is 16.4. The molecule has 0 radical (unpaired) electrons. The molecule has 10 nitrogen and oxygen atoms in total. The van der Waals surface area contributed by atoms with Crippen LogP contribution in [0.4, 0.5) is 0 Å². The second-order valence-corrected chi connectivity index (χ2v) is 6.33. The van der Waals surface area contributed by atoms with E-state index in [1.807, 2.05) is 13.8 Å². The summed E-state index contributed by atoms with van der Waals surface area (Å²) in [6.07, 6.45) is 1.61. The average Bonchev–Trinajstić information content (AvgIpc) is 2.58. The molecule has 9 N–H and O–H groups in total. The van der Waals surface area contributed by atoms with Gasteiger partial charge in [0.2, 0.25) is 17.7 Å². The summed E-state index contributed by atoms with van der Waals surface area (Å²) in [5, 5.41) is 13.9. The van der Waals surface area contributed by atoms with Gasteiger partial charge in [-0.25, -0.2) is 4.79 Å². The third-order valence-corrected chi connectivity index (χ3v) is 4.16. The van der Waals surface area contributed by atoms with Crippen LogP contribution in [0.1, 0.15) is 46.0 Å². The number of nitrogens with one attached hydrogen (secondary N) is 2. The standard InChI is InChI=1S/C16H31N5O5/c1-3-9(2)13(19)15(24)20-10(6-4-5-7-17)14(23)21-11(16(25)26)8-12(18)22/h9-11,13H,3-8,17,19H2,1-2H3,(H2,18,22)(H,20,24)(H,21,23)(H,25,26). The number of carbonyl (C=O) groups excluding carboxylic acids is 3. The summed E-state index contributed by atoms with van der Waals surface area (Å²) in [5.74, 6) is -3.53. The van der Waals surface area contributed by atoms with E-state index in [4.69, 9.17) is 22.3 Å². The van der Waals surface area contributed by atoms with Crippen molar-refractivity contribution in [3.8, 4) is 0 Å². The maximum absolute atomic E-state index is 12.4. The first-order chi connectivity index (χ1) is 12.1. The molecular formula is C16H31N5O5. The lowest BCUT2D eigenvalue weighted by Gasteiger charge is -2.24. The van der Waals surface area contributed by atoms with Crippen molar-refractivity contribution < 1.29 is 24.3 Å². The van der Waals surface area contributed by atoms with Crippen LogP contribution in [0.3, 0.4) is 0 Å². The van der Waals surface area contributed by atoms with E-state index in [9.17, 15) is 19.2 Å². The number of unbranched alkanes of at least 4 members (excludes halogenated alkanes) is 1. The second kappa shape index (κ2) is 12.2. The van der Waals surface area contributed by atoms with Gasteiger partial charge in [-0.2, -0.15) is 0 Å². The van der Waals surface area contributed by atoms with Gasteiger partial charge in [0.05, 0.1) is 12.5 Å². The van der Waals surface area contributed by atoms with Crippen molar-refractivity contribution in [1.29, 1.82) is 0 Å². The normalized spacial score (nSPS) is 15.4. The Morgan fingerprint density at radius 1 is 1.04 bits per heavy atom. The van der Waals surface area contributed by atoms with Crippen molar-refractivity contribution in [3.05, 3.63) is 0 Å². The van der Waals surface area contributed by atoms with Gasteiger partial charge in [0, 0.05) is 0 Å². The van der Waals surface area contributed by atoms with Gasteiger partial charge in [-0.15, -0.1) is 0 Å². The van der Waals surface area contributed by atoms with E-state index in [1.165, 1.54) is 0 Å². The summed E-state index contributed by atoms with van der Waals surface area (Å²) in [5.41, 5.74) is 16.3. The number of hydrogen-bond acceptors (Lipinski definition) is 6. The minimum Gasteiger partial charge on any atom is -0.480 e. The zero-order valence-electron chi connectivity index (χ0n) is 15.4. The number of carboxylic acids is 1. The van der Waals surface area contributed by atoms with Crippen LogP contribution in [-0.4, -0.2) is 53.5 Å². The SMILES string of the molecule is CCC(C)C(N)C(=O)NC(CCCCN)C(=O)NC(CC(N)=O)C(=O)O. The third kappa shape index (κ3) is 8.77. The zero-order chi connectivity index (χ0) is 20.3. The summed E-state index contributed by atoms with van der Waals surface area (Å²) in [6, 6.07) is -3.22. The molecule has 0 heterocycles. The fourth-order valence-electron chi connectivity index (χ4n) is 2.22. The molecule has 10 heteroatoms. The van der Waals surface area contributed by atoms with Crippen LogP contribution in [-0.2, 0) is 19.2 Å². The van der Waals surface area contributed by atoms with Crippen LogP contribution >= 0.6 is 0 Å². The highest BCUT2D eigenvalue weighted by Gasteiger charge is 2.29. The average molecular weight is 373 g/mol. The topological polar surface area (TPSA) is 191 Å². The minimum atomic E-state index is -1.46. The third-order valence-electron chi connectivity index (χ3n) is 4.16. The smallest absolute Gasteiger partial charge is 0.326 e. The first-order valence-corrected chi connectivity index (χ1v) is 8.71. The molecule has 26 heavy (non-hydrogen) atoms. The van der Waals surface area contributed by atoms with Gasteiger partial charge in [0.15, 0.2) is 0 Å². The molecule has 0 bridgehead atoms. The molecule has 0 spiro atoms. The van der Waals surface area contributed by atoms with Crippen LogP contribution in [0.15, 0.2) is 0 Å². The Hall–Kier alpha value is -2.20. The van der Waals surface area contributed by atoms with E-state index < -0.39 is 48.2 Å². The van der Waals surface area contributed by atoms with Crippen molar-refractivity contribution in [1.82, 2.24) is 10.6 Å². The molecule has 4 unspecified atom stereocenters. The molecule has 0 aliphatic rings. The van der Waals surface area contributed by atoms with Gasteiger partial charge in [-0.1, -0.05) is 20.3 Å². The van der Waals surface area contributed by atoms with Crippen molar-refractivity contribution in [2.45, 2.75) is 64.1 Å². The van der Waals surface area contributed by atoms with Gasteiger partial charge >= 0.3 is 5.97 Å². The Morgan fingerprint density at radius 2 is 1.62 bits per heavy atom. The fourth-order valence-corrected chi connectivity index (χ4v) is 2.22. The molecule has 0 aromatic carbocycles. The van der Waals surface area contributed by atoms with Crippen LogP contribution in [0, 0.1) is 5.92 Å². The monoisotopic (exact) mass is 373 g/mol. The van der Waals surface area contributed by atoms with Gasteiger partial charge in [0.25, 0.3) is 0 Å². The van der Waals surface area contributed by atoms with Crippen LogP contribution in [0.5, 0.6) is 0 Å². The summed E-state index contributed by atoms with van der Waals surface area (Å²) in [7, 11) is 0. The molecule has 3 amide bonds. The Balaban J connectivity index is 5.08. The Labute approximate surface area is 153 Å². The first-order valence-electron chi connectivity index (χ1n) is 8.71. The molecule has 0 aromatic heterocycles. The van der Waals surface area contributed by atoms with E-state index in [1.54, 1.807) is 0 Å². The van der Waals surface area contributed by atoms with E-state index in [0.717, 1.165) is 0 Å². The quantitative estimate of drug-likeness (QED) is 0.210. The number of amides is 3. The lowest BCUT2D eigenvalue weighted by molar-refractivity contribution is -0.143. The summed E-state index contributed by atoms with van der Waals surface area (Å²) >= 11 is 0. The Morgan fingerprint density at radius 3 is 2.08 bits per heavy atom. The van der Waals surface area contributed by atoms with Crippen LogP contribution < -0.4 is 27.8 Å². The first kappa shape index (κ1) is 23.8. The van der Waals surface area contributed by atoms with Crippen LogP contribution in [0.2, 0.25) is 0 Å². The number of aliphatic carboxylic acids is 1. The molecule has 4 atom stereocenters. The highest BCUT2D eigenvalue weighted by Crippen LogP contribution is 2.08. The summed E-state index contributed by atoms with van der Waals surface area (Å²) in [4.78, 5) is 46.8. The van der Waals surface area contributed by atoms with Crippen LogP contribution in [0.25, 0.3) is 0 Å². The molecule has 0 fully saturated rings.